The van der Waals surface area contributed by atoms with Crippen molar-refractivity contribution in [1.29, 1.82) is 0 Å². The van der Waals surface area contributed by atoms with Gasteiger partial charge in [-0.3, -0.25) is 0 Å². The quantitative estimate of drug-likeness (QED) is 0.518. The summed E-state index contributed by atoms with van der Waals surface area (Å²) in [5.41, 5.74) is 5.56. The molecule has 0 aliphatic heterocycles. The number of nitrogen functional groups attached to an aromatic ring is 1. The van der Waals surface area contributed by atoms with Crippen LogP contribution in [0.15, 0.2) is 18.2 Å². The van der Waals surface area contributed by atoms with E-state index in [4.69, 9.17) is 10.5 Å². The number of rotatable bonds is 9. The van der Waals surface area contributed by atoms with Gasteiger partial charge < -0.3 is 10.5 Å². The molecular formula is C15H24FNO. The summed E-state index contributed by atoms with van der Waals surface area (Å²) in [5.74, 6) is 0.153. The highest BCUT2D eigenvalue weighted by Crippen LogP contribution is 2.18. The maximum absolute atomic E-state index is 13.1. The molecule has 0 radical (unpaired) electrons. The van der Waals surface area contributed by atoms with E-state index in [1.807, 2.05) is 0 Å². The molecule has 0 fully saturated rings. The zero-order valence-corrected chi connectivity index (χ0v) is 11.3. The zero-order valence-electron chi connectivity index (χ0n) is 11.3. The molecular weight excluding hydrogens is 229 g/mol. The van der Waals surface area contributed by atoms with Crippen LogP contribution in [0.1, 0.15) is 51.9 Å². The van der Waals surface area contributed by atoms with E-state index < -0.39 is 5.82 Å². The summed E-state index contributed by atoms with van der Waals surface area (Å²) >= 11 is 0. The lowest BCUT2D eigenvalue weighted by Crippen LogP contribution is -1.98. The Hall–Kier alpha value is -1.25. The first kappa shape index (κ1) is 14.8. The van der Waals surface area contributed by atoms with Crippen LogP contribution >= 0.6 is 0 Å². The average Bonchev–Trinajstić information content (AvgIpc) is 2.37. The van der Waals surface area contributed by atoms with Crippen molar-refractivity contribution in [3.8, 4) is 5.75 Å². The summed E-state index contributed by atoms with van der Waals surface area (Å²) in [6.07, 6.45) is 8.73. The third-order valence-corrected chi connectivity index (χ3v) is 2.99. The smallest absolute Gasteiger partial charge is 0.149 e. The van der Waals surface area contributed by atoms with Gasteiger partial charge in [0.2, 0.25) is 0 Å². The van der Waals surface area contributed by atoms with Crippen LogP contribution in [0.25, 0.3) is 0 Å². The molecule has 0 heterocycles. The summed E-state index contributed by atoms with van der Waals surface area (Å²) in [6.45, 7) is 2.87. The maximum atomic E-state index is 13.1. The minimum absolute atomic E-state index is 0.165. The Morgan fingerprint density at radius 3 is 2.39 bits per heavy atom. The van der Waals surface area contributed by atoms with E-state index in [2.05, 4.69) is 6.92 Å². The lowest BCUT2D eigenvalue weighted by Gasteiger charge is -2.07. The van der Waals surface area contributed by atoms with Crippen LogP contribution in [-0.2, 0) is 0 Å². The summed E-state index contributed by atoms with van der Waals surface area (Å²) in [5, 5.41) is 0. The van der Waals surface area contributed by atoms with Gasteiger partial charge in [0.25, 0.3) is 0 Å². The SMILES string of the molecule is CCCCCCCCCOc1ccc(N)c(F)c1. The van der Waals surface area contributed by atoms with Crippen LogP contribution in [0.4, 0.5) is 10.1 Å². The molecule has 18 heavy (non-hydrogen) atoms. The minimum atomic E-state index is -0.410. The molecule has 0 amide bonds. The van der Waals surface area contributed by atoms with E-state index in [9.17, 15) is 4.39 Å². The first-order valence-electron chi connectivity index (χ1n) is 6.92. The van der Waals surface area contributed by atoms with Crippen molar-refractivity contribution in [2.45, 2.75) is 51.9 Å². The number of anilines is 1. The van der Waals surface area contributed by atoms with Crippen LogP contribution in [0.3, 0.4) is 0 Å². The standard InChI is InChI=1S/C15H24FNO/c1-2-3-4-5-6-7-8-11-18-13-9-10-15(17)14(16)12-13/h9-10,12H,2-8,11,17H2,1H3. The number of halogens is 1. The number of benzene rings is 1. The molecule has 2 nitrogen and oxygen atoms in total. The molecule has 2 N–H and O–H groups in total. The van der Waals surface area contributed by atoms with E-state index in [0.717, 1.165) is 6.42 Å². The fraction of sp³-hybridized carbons (Fsp3) is 0.600. The van der Waals surface area contributed by atoms with Crippen molar-refractivity contribution in [3.63, 3.8) is 0 Å². The third kappa shape index (κ3) is 5.89. The highest BCUT2D eigenvalue weighted by molar-refractivity contribution is 5.43. The van der Waals surface area contributed by atoms with Crippen molar-refractivity contribution >= 4 is 5.69 Å². The normalized spacial score (nSPS) is 10.6. The maximum Gasteiger partial charge on any atom is 0.149 e. The molecule has 0 bridgehead atoms. The number of ether oxygens (including phenoxy) is 1. The second-order valence-electron chi connectivity index (χ2n) is 4.65. The Kier molecular flexibility index (Phi) is 7.23. The van der Waals surface area contributed by atoms with Crippen molar-refractivity contribution in [3.05, 3.63) is 24.0 Å². The van der Waals surface area contributed by atoms with Crippen molar-refractivity contribution in [2.24, 2.45) is 0 Å². The van der Waals surface area contributed by atoms with Gasteiger partial charge in [0.15, 0.2) is 0 Å². The largest absolute Gasteiger partial charge is 0.493 e. The fourth-order valence-corrected chi connectivity index (χ4v) is 1.85. The van der Waals surface area contributed by atoms with Crippen LogP contribution in [0.2, 0.25) is 0 Å². The molecule has 1 rings (SSSR count). The molecule has 3 heteroatoms. The monoisotopic (exact) mass is 253 g/mol. The Balaban J connectivity index is 2.05. The van der Waals surface area contributed by atoms with Gasteiger partial charge in [0.1, 0.15) is 11.6 Å². The van der Waals surface area contributed by atoms with Crippen LogP contribution in [0, 0.1) is 5.82 Å². The van der Waals surface area contributed by atoms with Crippen LogP contribution < -0.4 is 10.5 Å². The highest BCUT2D eigenvalue weighted by Gasteiger charge is 2.00. The second-order valence-corrected chi connectivity index (χ2v) is 4.65. The molecule has 0 saturated heterocycles. The van der Waals surface area contributed by atoms with Crippen LogP contribution in [0.5, 0.6) is 5.75 Å². The van der Waals surface area contributed by atoms with Gasteiger partial charge >= 0.3 is 0 Å². The van der Waals surface area contributed by atoms with Crippen molar-refractivity contribution in [1.82, 2.24) is 0 Å². The molecule has 1 aromatic rings. The Bertz CT molecular complexity index is 341. The summed E-state index contributed by atoms with van der Waals surface area (Å²) in [6, 6.07) is 4.59. The second kappa shape index (κ2) is 8.78. The zero-order chi connectivity index (χ0) is 13.2. The molecule has 102 valence electrons. The minimum Gasteiger partial charge on any atom is -0.493 e. The number of nitrogens with two attached hydrogens (primary N) is 1. The molecule has 0 aromatic heterocycles. The number of hydrogen-bond donors (Lipinski definition) is 1. The summed E-state index contributed by atoms with van der Waals surface area (Å²) in [7, 11) is 0. The third-order valence-electron chi connectivity index (χ3n) is 2.99. The first-order valence-corrected chi connectivity index (χ1v) is 6.92. The van der Waals surface area contributed by atoms with Gasteiger partial charge in [-0.25, -0.2) is 4.39 Å². The Morgan fingerprint density at radius 1 is 1.06 bits per heavy atom. The topological polar surface area (TPSA) is 35.2 Å². The van der Waals surface area contributed by atoms with Gasteiger partial charge in [-0.1, -0.05) is 45.4 Å². The predicted octanol–water partition coefficient (Wildman–Crippen LogP) is 4.54. The lowest BCUT2D eigenvalue weighted by atomic mass is 10.1. The van der Waals surface area contributed by atoms with E-state index in [1.165, 1.54) is 50.7 Å². The van der Waals surface area contributed by atoms with Gasteiger partial charge in [0, 0.05) is 6.07 Å². The molecule has 1 aromatic carbocycles. The van der Waals surface area contributed by atoms with Crippen molar-refractivity contribution in [2.75, 3.05) is 12.3 Å². The van der Waals surface area contributed by atoms with Gasteiger partial charge in [-0.05, 0) is 18.6 Å². The first-order chi connectivity index (χ1) is 8.74. The molecule has 0 spiro atoms. The van der Waals surface area contributed by atoms with Gasteiger partial charge in [0.05, 0.1) is 12.3 Å². The Morgan fingerprint density at radius 2 is 1.72 bits per heavy atom. The summed E-state index contributed by atoms with van der Waals surface area (Å²) in [4.78, 5) is 0. The van der Waals surface area contributed by atoms with E-state index in [1.54, 1.807) is 6.07 Å². The number of unbranched alkanes of at least 4 members (excludes halogenated alkanes) is 6. The number of hydrogen-bond acceptors (Lipinski definition) is 2. The van der Waals surface area contributed by atoms with E-state index >= 15 is 0 Å². The molecule has 0 aliphatic carbocycles. The van der Waals surface area contributed by atoms with Gasteiger partial charge in [-0.2, -0.15) is 0 Å². The molecule has 0 atom stereocenters. The summed E-state index contributed by atoms with van der Waals surface area (Å²) < 4.78 is 18.6. The molecule has 0 unspecified atom stereocenters. The lowest BCUT2D eigenvalue weighted by molar-refractivity contribution is 0.303. The Labute approximate surface area is 109 Å². The van der Waals surface area contributed by atoms with Crippen LogP contribution in [-0.4, -0.2) is 6.61 Å². The van der Waals surface area contributed by atoms with Gasteiger partial charge in [-0.15, -0.1) is 0 Å². The van der Waals surface area contributed by atoms with E-state index in [0.29, 0.717) is 12.4 Å². The van der Waals surface area contributed by atoms with Crippen molar-refractivity contribution < 1.29 is 9.13 Å². The highest BCUT2D eigenvalue weighted by atomic mass is 19.1. The molecule has 0 saturated carbocycles. The molecule has 0 aliphatic rings. The predicted molar refractivity (Wildman–Crippen MR) is 74.3 cm³/mol. The van der Waals surface area contributed by atoms with E-state index in [-0.39, 0.29) is 5.69 Å². The average molecular weight is 253 g/mol. The fourth-order valence-electron chi connectivity index (χ4n) is 1.85.